The third-order valence-corrected chi connectivity index (χ3v) is 5.79. The van der Waals surface area contributed by atoms with Crippen LogP contribution in [0.5, 0.6) is 5.75 Å². The number of thiophene rings is 1. The van der Waals surface area contributed by atoms with Gasteiger partial charge in [-0.25, -0.2) is 4.98 Å². The topological polar surface area (TPSA) is 51.2 Å². The first-order valence-electron chi connectivity index (χ1n) is 7.55. The first-order chi connectivity index (χ1) is 11.7. The minimum absolute atomic E-state index is 0.00522. The third-order valence-electron chi connectivity index (χ3n) is 3.59. The molecule has 0 aliphatic carbocycles. The van der Waals surface area contributed by atoms with Crippen molar-refractivity contribution in [3.8, 4) is 15.6 Å². The van der Waals surface area contributed by atoms with Gasteiger partial charge in [0.2, 0.25) is 5.91 Å². The van der Waals surface area contributed by atoms with E-state index in [2.05, 4.69) is 16.4 Å². The highest BCUT2D eigenvalue weighted by Gasteiger charge is 2.11. The quantitative estimate of drug-likeness (QED) is 0.723. The molecular weight excluding hydrogens is 340 g/mol. The predicted molar refractivity (Wildman–Crippen MR) is 98.7 cm³/mol. The summed E-state index contributed by atoms with van der Waals surface area (Å²) in [5.74, 6) is 0.797. The van der Waals surface area contributed by atoms with Crippen molar-refractivity contribution in [3.05, 3.63) is 57.9 Å². The molecule has 0 fully saturated rings. The number of nitrogens with zero attached hydrogens (tertiary/aromatic N) is 1. The molecular formula is C18H18N2O2S2. The van der Waals surface area contributed by atoms with E-state index >= 15 is 0 Å². The lowest BCUT2D eigenvalue weighted by atomic mass is 10.1. The Hall–Kier alpha value is -2.18. The van der Waals surface area contributed by atoms with E-state index in [0.717, 1.165) is 26.9 Å². The molecule has 0 atom stereocenters. The average Bonchev–Trinajstić information content (AvgIpc) is 3.23. The largest absolute Gasteiger partial charge is 0.497 e. The fraction of sp³-hybridized carbons (Fsp3) is 0.222. The van der Waals surface area contributed by atoms with Crippen molar-refractivity contribution in [2.75, 3.05) is 7.11 Å². The summed E-state index contributed by atoms with van der Waals surface area (Å²) in [7, 11) is 1.63. The molecule has 4 nitrogen and oxygen atoms in total. The van der Waals surface area contributed by atoms with Crippen LogP contribution in [0.2, 0.25) is 0 Å². The minimum Gasteiger partial charge on any atom is -0.497 e. The van der Waals surface area contributed by atoms with Crippen molar-refractivity contribution in [2.45, 2.75) is 19.9 Å². The number of ether oxygens (including phenoxy) is 1. The average molecular weight is 358 g/mol. The summed E-state index contributed by atoms with van der Waals surface area (Å²) in [6.07, 6.45) is 0.361. The normalized spacial score (nSPS) is 10.6. The van der Waals surface area contributed by atoms with Crippen LogP contribution in [0.3, 0.4) is 0 Å². The highest BCUT2D eigenvalue weighted by Crippen LogP contribution is 2.30. The molecule has 6 heteroatoms. The number of hydrogen-bond donors (Lipinski definition) is 1. The van der Waals surface area contributed by atoms with Gasteiger partial charge in [0.25, 0.3) is 0 Å². The van der Waals surface area contributed by atoms with Gasteiger partial charge in [-0.1, -0.05) is 18.2 Å². The van der Waals surface area contributed by atoms with Crippen molar-refractivity contribution in [3.63, 3.8) is 0 Å². The molecule has 0 aliphatic heterocycles. The first kappa shape index (κ1) is 16.7. The van der Waals surface area contributed by atoms with Gasteiger partial charge in [-0.3, -0.25) is 4.79 Å². The molecule has 0 spiro atoms. The minimum atomic E-state index is 0.00522. The summed E-state index contributed by atoms with van der Waals surface area (Å²) in [5.41, 5.74) is 1.95. The number of hydrogen-bond acceptors (Lipinski definition) is 5. The van der Waals surface area contributed by atoms with E-state index in [4.69, 9.17) is 4.74 Å². The van der Waals surface area contributed by atoms with Crippen molar-refractivity contribution < 1.29 is 9.53 Å². The monoisotopic (exact) mass is 358 g/mol. The maximum absolute atomic E-state index is 12.1. The molecule has 0 unspecified atom stereocenters. The van der Waals surface area contributed by atoms with Crippen LogP contribution in [0.15, 0.2) is 41.8 Å². The van der Waals surface area contributed by atoms with E-state index < -0.39 is 0 Å². The number of carbonyl (C=O) groups is 1. The van der Waals surface area contributed by atoms with Gasteiger partial charge < -0.3 is 10.1 Å². The number of rotatable bonds is 6. The van der Waals surface area contributed by atoms with Crippen LogP contribution in [0, 0.1) is 6.92 Å². The Kier molecular flexibility index (Phi) is 5.27. The number of aryl methyl sites for hydroxylation is 1. The van der Waals surface area contributed by atoms with E-state index in [-0.39, 0.29) is 5.91 Å². The molecule has 3 rings (SSSR count). The highest BCUT2D eigenvalue weighted by atomic mass is 32.1. The van der Waals surface area contributed by atoms with Gasteiger partial charge in [0.1, 0.15) is 10.8 Å². The Labute approximate surface area is 149 Å². The van der Waals surface area contributed by atoms with Crippen molar-refractivity contribution in [2.24, 2.45) is 0 Å². The molecule has 0 bridgehead atoms. The van der Waals surface area contributed by atoms with Gasteiger partial charge in [0.15, 0.2) is 0 Å². The van der Waals surface area contributed by atoms with Crippen LogP contribution < -0.4 is 10.1 Å². The molecule has 1 N–H and O–H groups in total. The number of aromatic nitrogens is 1. The highest BCUT2D eigenvalue weighted by molar-refractivity contribution is 7.21. The van der Waals surface area contributed by atoms with E-state index in [9.17, 15) is 4.79 Å². The molecule has 0 radical (unpaired) electrons. The smallest absolute Gasteiger partial charge is 0.224 e. The lowest BCUT2D eigenvalue weighted by molar-refractivity contribution is -0.120. The maximum atomic E-state index is 12.1. The number of amides is 1. The first-order valence-corrected chi connectivity index (χ1v) is 9.25. The van der Waals surface area contributed by atoms with Crippen LogP contribution in [-0.4, -0.2) is 18.0 Å². The number of thiazole rings is 1. The molecule has 2 heterocycles. The van der Waals surface area contributed by atoms with Crippen LogP contribution in [-0.2, 0) is 17.8 Å². The standard InChI is InChI=1S/C18H18N2O2S2/c1-12-16(24-18(20-12)15-4-3-9-23-15)11-19-17(21)10-13-5-7-14(22-2)8-6-13/h3-9H,10-11H2,1-2H3,(H,19,21). The summed E-state index contributed by atoms with van der Waals surface area (Å²) in [4.78, 5) is 19.0. The second-order valence-electron chi connectivity index (χ2n) is 5.31. The molecule has 1 aromatic carbocycles. The number of carbonyl (C=O) groups excluding carboxylic acids is 1. The van der Waals surface area contributed by atoms with Crippen LogP contribution in [0.1, 0.15) is 16.1 Å². The van der Waals surface area contributed by atoms with Gasteiger partial charge in [-0.2, -0.15) is 0 Å². The van der Waals surface area contributed by atoms with Crippen LogP contribution >= 0.6 is 22.7 Å². The van der Waals surface area contributed by atoms with E-state index in [1.807, 2.05) is 42.6 Å². The van der Waals surface area contributed by atoms with Gasteiger partial charge >= 0.3 is 0 Å². The van der Waals surface area contributed by atoms with E-state index in [1.54, 1.807) is 29.8 Å². The zero-order chi connectivity index (χ0) is 16.9. The molecule has 1 amide bonds. The van der Waals surface area contributed by atoms with Crippen LogP contribution in [0.25, 0.3) is 9.88 Å². The molecule has 0 saturated heterocycles. The molecule has 124 valence electrons. The van der Waals surface area contributed by atoms with Gasteiger partial charge in [-0.05, 0) is 36.1 Å². The molecule has 0 saturated carbocycles. The molecule has 24 heavy (non-hydrogen) atoms. The molecule has 0 aliphatic rings. The van der Waals surface area contributed by atoms with Gasteiger partial charge in [0, 0.05) is 4.88 Å². The molecule has 2 aromatic heterocycles. The maximum Gasteiger partial charge on any atom is 0.224 e. The van der Waals surface area contributed by atoms with E-state index in [0.29, 0.717) is 13.0 Å². The zero-order valence-electron chi connectivity index (χ0n) is 13.5. The van der Waals surface area contributed by atoms with Gasteiger partial charge in [0.05, 0.1) is 30.6 Å². The number of nitrogens with one attached hydrogen (secondary N) is 1. The van der Waals surface area contributed by atoms with Crippen molar-refractivity contribution in [1.82, 2.24) is 10.3 Å². The second-order valence-corrected chi connectivity index (χ2v) is 7.34. The second kappa shape index (κ2) is 7.59. The number of methoxy groups -OCH3 is 1. The SMILES string of the molecule is COc1ccc(CC(=O)NCc2sc(-c3cccs3)nc2C)cc1. The summed E-state index contributed by atoms with van der Waals surface area (Å²) < 4.78 is 5.12. The Morgan fingerprint density at radius 1 is 1.25 bits per heavy atom. The van der Waals surface area contributed by atoms with E-state index in [1.165, 1.54) is 4.88 Å². The fourth-order valence-corrected chi connectivity index (χ4v) is 4.07. The van der Waals surface area contributed by atoms with Crippen molar-refractivity contribution >= 4 is 28.6 Å². The lowest BCUT2D eigenvalue weighted by Gasteiger charge is -2.05. The fourth-order valence-electron chi connectivity index (χ4n) is 2.27. The molecule has 3 aromatic rings. The zero-order valence-corrected chi connectivity index (χ0v) is 15.2. The Morgan fingerprint density at radius 3 is 2.71 bits per heavy atom. The summed E-state index contributed by atoms with van der Waals surface area (Å²) in [5, 5.41) is 6.04. The number of benzene rings is 1. The predicted octanol–water partition coefficient (Wildman–Crippen LogP) is 4.05. The third kappa shape index (κ3) is 4.01. The van der Waals surface area contributed by atoms with Crippen molar-refractivity contribution in [1.29, 1.82) is 0 Å². The van der Waals surface area contributed by atoms with Gasteiger partial charge in [-0.15, -0.1) is 22.7 Å². The lowest BCUT2D eigenvalue weighted by Crippen LogP contribution is -2.24. The Balaban J connectivity index is 1.58. The Bertz CT molecular complexity index is 808. The summed E-state index contributed by atoms with van der Waals surface area (Å²) in [6, 6.07) is 11.6. The summed E-state index contributed by atoms with van der Waals surface area (Å²) >= 11 is 3.32. The van der Waals surface area contributed by atoms with Crippen LogP contribution in [0.4, 0.5) is 0 Å². The Morgan fingerprint density at radius 2 is 2.04 bits per heavy atom. The summed E-state index contributed by atoms with van der Waals surface area (Å²) in [6.45, 7) is 2.50.